The number of hydrogen-bond donors (Lipinski definition) is 1. The normalized spacial score (nSPS) is 14.3. The Bertz CT molecular complexity index is 397. The van der Waals surface area contributed by atoms with Crippen molar-refractivity contribution in [2.24, 2.45) is 0 Å². The maximum Gasteiger partial charge on any atom is 0.0886 e. The second-order valence-corrected chi connectivity index (χ2v) is 8.00. The predicted octanol–water partition coefficient (Wildman–Crippen LogP) is 1.79. The molecule has 0 aromatic heterocycles. The van der Waals surface area contributed by atoms with E-state index in [0.29, 0.717) is 25.7 Å². The first kappa shape index (κ1) is 25.5. The number of carbonyl (C=O) groups excluding carboxylic acids is 1. The lowest BCUT2D eigenvalue weighted by molar-refractivity contribution is -0.346. The van der Waals surface area contributed by atoms with Crippen molar-refractivity contribution in [3.63, 3.8) is 0 Å². The van der Waals surface area contributed by atoms with E-state index in [4.69, 9.17) is 0 Å². The standard InChI is InChI=1S/C18H37O7P/c1-2-3-4-5-7-10-13-16(19)17(25-26(22,23)24)14-11-8-6-9-12-15-18(20)21/h16-17,19H,2-15H2,1H3,(H,20,21)(H2,22,23,24)/p-3/t16-,17+/m1/s1. The maximum atomic E-state index is 10.9. The Labute approximate surface area is 157 Å². The third-order valence-electron chi connectivity index (χ3n) is 4.42. The lowest BCUT2D eigenvalue weighted by atomic mass is 9.99. The van der Waals surface area contributed by atoms with Gasteiger partial charge < -0.3 is 33.9 Å². The zero-order valence-electron chi connectivity index (χ0n) is 15.9. The zero-order chi connectivity index (χ0) is 19.8. The van der Waals surface area contributed by atoms with Crippen molar-refractivity contribution >= 4 is 13.8 Å². The predicted molar refractivity (Wildman–Crippen MR) is 93.8 cm³/mol. The number of phosphoric acid groups is 1. The van der Waals surface area contributed by atoms with Gasteiger partial charge in [0.15, 0.2) is 0 Å². The van der Waals surface area contributed by atoms with Gasteiger partial charge >= 0.3 is 0 Å². The van der Waals surface area contributed by atoms with Crippen LogP contribution in [0.25, 0.3) is 0 Å². The van der Waals surface area contributed by atoms with Crippen LogP contribution in [-0.2, 0) is 13.9 Å². The van der Waals surface area contributed by atoms with E-state index >= 15 is 0 Å². The molecule has 0 fully saturated rings. The van der Waals surface area contributed by atoms with Crippen molar-refractivity contribution in [1.82, 2.24) is 0 Å². The van der Waals surface area contributed by atoms with Gasteiger partial charge in [0.05, 0.1) is 20.0 Å². The molecule has 0 rings (SSSR count). The van der Waals surface area contributed by atoms with Crippen molar-refractivity contribution in [3.8, 4) is 0 Å². The molecule has 156 valence electrons. The van der Waals surface area contributed by atoms with Gasteiger partial charge in [0.2, 0.25) is 0 Å². The lowest BCUT2D eigenvalue weighted by Crippen LogP contribution is -2.32. The fraction of sp³-hybridized carbons (Fsp3) is 0.944. The molecule has 0 aromatic carbocycles. The Morgan fingerprint density at radius 3 is 1.96 bits per heavy atom. The summed E-state index contributed by atoms with van der Waals surface area (Å²) in [5.41, 5.74) is 0. The Balaban J connectivity index is 4.06. The highest BCUT2D eigenvalue weighted by molar-refractivity contribution is 7.43. The van der Waals surface area contributed by atoms with Gasteiger partial charge in [-0.05, 0) is 25.7 Å². The highest BCUT2D eigenvalue weighted by Gasteiger charge is 2.20. The van der Waals surface area contributed by atoms with Gasteiger partial charge in [0.1, 0.15) is 0 Å². The van der Waals surface area contributed by atoms with Gasteiger partial charge in [0.25, 0.3) is 0 Å². The number of rotatable bonds is 18. The van der Waals surface area contributed by atoms with Crippen molar-refractivity contribution in [2.45, 2.75) is 109 Å². The third-order valence-corrected chi connectivity index (χ3v) is 4.95. The molecule has 0 aliphatic heterocycles. The number of unbranched alkanes of at least 4 members (excludes halogenated alkanes) is 9. The SMILES string of the molecule is CCCCCCCC[C@@H](O)[C@H](CCCCCCCC(=O)[O-])OP(=O)([O-])[O-]. The van der Waals surface area contributed by atoms with E-state index in [2.05, 4.69) is 11.4 Å². The van der Waals surface area contributed by atoms with E-state index < -0.39 is 26.0 Å². The van der Waals surface area contributed by atoms with Crippen molar-refractivity contribution in [1.29, 1.82) is 0 Å². The summed E-state index contributed by atoms with van der Waals surface area (Å²) in [7, 11) is -5.14. The van der Waals surface area contributed by atoms with Gasteiger partial charge in [0, 0.05) is 5.97 Å². The molecule has 0 aliphatic carbocycles. The molecule has 0 heterocycles. The summed E-state index contributed by atoms with van der Waals surface area (Å²) in [5.74, 6) is -1.06. The molecular weight excluding hydrogens is 359 g/mol. The van der Waals surface area contributed by atoms with Crippen molar-refractivity contribution in [3.05, 3.63) is 0 Å². The molecule has 0 amide bonds. The van der Waals surface area contributed by atoms with E-state index in [0.717, 1.165) is 51.4 Å². The monoisotopic (exact) mass is 393 g/mol. The maximum absolute atomic E-state index is 10.9. The fourth-order valence-electron chi connectivity index (χ4n) is 2.95. The molecular formula is C18H34O7P-3. The molecule has 8 heteroatoms. The molecule has 26 heavy (non-hydrogen) atoms. The number of aliphatic carboxylic acids is 1. The van der Waals surface area contributed by atoms with Gasteiger partial charge in [-0.2, -0.15) is 0 Å². The smallest absolute Gasteiger partial charge is 0.0886 e. The quantitative estimate of drug-likeness (QED) is 0.277. The van der Waals surface area contributed by atoms with E-state index in [1.54, 1.807) is 0 Å². The summed E-state index contributed by atoms with van der Waals surface area (Å²) >= 11 is 0. The topological polar surface area (TPSA) is 133 Å². The molecule has 0 saturated carbocycles. The minimum Gasteiger partial charge on any atom is -0.790 e. The minimum absolute atomic E-state index is 0.0399. The Hall–Kier alpha value is -0.460. The highest BCUT2D eigenvalue weighted by atomic mass is 31.2. The third kappa shape index (κ3) is 17.0. The van der Waals surface area contributed by atoms with Crippen LogP contribution in [0.3, 0.4) is 0 Å². The zero-order valence-corrected chi connectivity index (χ0v) is 16.8. The van der Waals surface area contributed by atoms with Crippen LogP contribution >= 0.6 is 7.82 Å². The Morgan fingerprint density at radius 2 is 1.42 bits per heavy atom. The summed E-state index contributed by atoms with van der Waals surface area (Å²) in [6, 6.07) is 0. The molecule has 2 atom stereocenters. The van der Waals surface area contributed by atoms with Crippen LogP contribution in [0.1, 0.15) is 96.8 Å². The Kier molecular flexibility index (Phi) is 15.3. The second-order valence-electron chi connectivity index (χ2n) is 6.89. The van der Waals surface area contributed by atoms with Crippen LogP contribution < -0.4 is 14.9 Å². The van der Waals surface area contributed by atoms with E-state index in [1.165, 1.54) is 6.42 Å². The molecule has 0 unspecified atom stereocenters. The molecule has 7 nitrogen and oxygen atoms in total. The summed E-state index contributed by atoms with van der Waals surface area (Å²) in [4.78, 5) is 32.1. The number of aliphatic hydroxyl groups is 1. The fourth-order valence-corrected chi connectivity index (χ4v) is 3.52. The number of aliphatic hydroxyl groups excluding tert-OH is 1. The summed E-state index contributed by atoms with van der Waals surface area (Å²) < 4.78 is 15.5. The average Bonchev–Trinajstić information content (AvgIpc) is 2.54. The van der Waals surface area contributed by atoms with Crippen molar-refractivity contribution in [2.75, 3.05) is 0 Å². The van der Waals surface area contributed by atoms with Crippen LogP contribution in [0.15, 0.2) is 0 Å². The van der Waals surface area contributed by atoms with Crippen LogP contribution in [0.2, 0.25) is 0 Å². The summed E-state index contributed by atoms with van der Waals surface area (Å²) in [5, 5.41) is 20.5. The van der Waals surface area contributed by atoms with Gasteiger partial charge in [-0.1, -0.05) is 71.1 Å². The molecule has 1 N–H and O–H groups in total. The van der Waals surface area contributed by atoms with Gasteiger partial charge in [-0.25, -0.2) is 0 Å². The van der Waals surface area contributed by atoms with Crippen LogP contribution in [0.4, 0.5) is 0 Å². The summed E-state index contributed by atoms with van der Waals surface area (Å²) in [6.07, 6.45) is 8.62. The molecule has 0 saturated heterocycles. The molecule has 0 spiro atoms. The number of carbonyl (C=O) groups is 1. The lowest BCUT2D eigenvalue weighted by Gasteiger charge is -2.35. The highest BCUT2D eigenvalue weighted by Crippen LogP contribution is 2.31. The van der Waals surface area contributed by atoms with Crippen LogP contribution in [-0.4, -0.2) is 23.3 Å². The summed E-state index contributed by atoms with van der Waals surface area (Å²) in [6.45, 7) is 2.14. The van der Waals surface area contributed by atoms with Crippen LogP contribution in [0.5, 0.6) is 0 Å². The minimum atomic E-state index is -5.14. The van der Waals surface area contributed by atoms with E-state index in [1.807, 2.05) is 0 Å². The molecule has 0 radical (unpaired) electrons. The van der Waals surface area contributed by atoms with Gasteiger partial charge in [-0.15, -0.1) is 0 Å². The molecule has 0 aliphatic rings. The van der Waals surface area contributed by atoms with Crippen molar-refractivity contribution < 1.29 is 33.9 Å². The first-order valence-electron chi connectivity index (χ1n) is 9.84. The first-order chi connectivity index (χ1) is 12.3. The molecule has 0 bridgehead atoms. The van der Waals surface area contributed by atoms with Gasteiger partial charge in [-0.3, -0.25) is 0 Å². The number of carboxylic acid groups (broad SMARTS) is 1. The Morgan fingerprint density at radius 1 is 0.923 bits per heavy atom. The van der Waals surface area contributed by atoms with E-state index in [9.17, 15) is 29.4 Å². The second kappa shape index (κ2) is 15.6. The largest absolute Gasteiger partial charge is 0.790 e. The van der Waals surface area contributed by atoms with E-state index in [-0.39, 0.29) is 6.42 Å². The number of carboxylic acids is 1. The van der Waals surface area contributed by atoms with Crippen LogP contribution in [0, 0.1) is 0 Å². The average molecular weight is 393 g/mol. The number of phosphoric ester groups is 1. The molecule has 0 aromatic rings. The first-order valence-corrected chi connectivity index (χ1v) is 11.3. The number of hydrogen-bond acceptors (Lipinski definition) is 7.